The monoisotopic (exact) mass is 143 g/mol. The Kier molecular flexibility index (Phi) is 2.68. The topological polar surface area (TPSA) is 30.8 Å². The van der Waals surface area contributed by atoms with Crippen molar-refractivity contribution in [3.8, 4) is 0 Å². The number of rotatable bonds is 3. The average molecular weight is 143 g/mol. The zero-order chi connectivity index (χ0) is 7.40. The molecule has 1 heterocycles. The molecule has 0 aromatic rings. The van der Waals surface area contributed by atoms with Crippen LogP contribution in [0, 0.1) is 0 Å². The van der Waals surface area contributed by atoms with Crippen LogP contribution in [0.25, 0.3) is 0 Å². The largest absolute Gasteiger partial charge is 0.479 e. The third-order valence-corrected chi connectivity index (χ3v) is 1.43. The van der Waals surface area contributed by atoms with Crippen LogP contribution in [0.15, 0.2) is 4.99 Å². The highest BCUT2D eigenvalue weighted by Gasteiger charge is 2.16. The summed E-state index contributed by atoms with van der Waals surface area (Å²) in [5.41, 5.74) is 0. The molecule has 0 saturated heterocycles. The van der Waals surface area contributed by atoms with Gasteiger partial charge in [0.1, 0.15) is 12.6 Å². The fourth-order valence-electron chi connectivity index (χ4n) is 0.942. The Hall–Kier alpha value is -0.570. The molecular formula is C7H13NO2. The molecule has 0 bridgehead atoms. The van der Waals surface area contributed by atoms with E-state index in [0.29, 0.717) is 13.2 Å². The molecule has 1 aliphatic rings. The number of hydrogen-bond donors (Lipinski definition) is 0. The lowest BCUT2D eigenvalue weighted by molar-refractivity contribution is 0.164. The molecule has 1 aliphatic heterocycles. The Labute approximate surface area is 61.0 Å². The van der Waals surface area contributed by atoms with Gasteiger partial charge in [0.2, 0.25) is 0 Å². The standard InChI is InChI=1S/C7H13NO2/c1-3-7-8-6(4-9-2)5-10-7/h6H,3-5H2,1-2H3. The lowest BCUT2D eigenvalue weighted by Crippen LogP contribution is -2.12. The highest BCUT2D eigenvalue weighted by molar-refractivity contribution is 5.77. The molecule has 1 rings (SSSR count). The molecule has 58 valence electrons. The van der Waals surface area contributed by atoms with E-state index in [-0.39, 0.29) is 6.04 Å². The van der Waals surface area contributed by atoms with Crippen LogP contribution < -0.4 is 0 Å². The minimum Gasteiger partial charge on any atom is -0.479 e. The number of ether oxygens (including phenoxy) is 2. The van der Waals surface area contributed by atoms with Crippen LogP contribution in [0.2, 0.25) is 0 Å². The summed E-state index contributed by atoms with van der Waals surface area (Å²) in [5.74, 6) is 0.863. The van der Waals surface area contributed by atoms with E-state index in [9.17, 15) is 0 Å². The van der Waals surface area contributed by atoms with Crippen molar-refractivity contribution in [2.24, 2.45) is 4.99 Å². The predicted molar refractivity (Wildman–Crippen MR) is 39.3 cm³/mol. The maximum absolute atomic E-state index is 5.24. The van der Waals surface area contributed by atoms with Gasteiger partial charge < -0.3 is 9.47 Å². The van der Waals surface area contributed by atoms with E-state index in [2.05, 4.69) is 4.99 Å². The molecule has 3 heteroatoms. The predicted octanol–water partition coefficient (Wildman–Crippen LogP) is 0.840. The number of hydrogen-bond acceptors (Lipinski definition) is 3. The van der Waals surface area contributed by atoms with E-state index in [1.165, 1.54) is 0 Å². The quantitative estimate of drug-likeness (QED) is 0.586. The first kappa shape index (κ1) is 7.54. The molecule has 1 atom stereocenters. The van der Waals surface area contributed by atoms with Gasteiger partial charge in [-0.3, -0.25) is 0 Å². The molecule has 10 heavy (non-hydrogen) atoms. The van der Waals surface area contributed by atoms with Gasteiger partial charge in [0, 0.05) is 13.5 Å². The first-order valence-electron chi connectivity index (χ1n) is 3.55. The van der Waals surface area contributed by atoms with Gasteiger partial charge >= 0.3 is 0 Å². The highest BCUT2D eigenvalue weighted by atomic mass is 16.5. The number of aliphatic imine (C=N–C) groups is 1. The lowest BCUT2D eigenvalue weighted by atomic mass is 10.4. The molecule has 0 aromatic heterocycles. The Morgan fingerprint density at radius 3 is 3.10 bits per heavy atom. The zero-order valence-electron chi connectivity index (χ0n) is 6.46. The van der Waals surface area contributed by atoms with Crippen molar-refractivity contribution in [1.29, 1.82) is 0 Å². The van der Waals surface area contributed by atoms with Crippen molar-refractivity contribution in [3.63, 3.8) is 0 Å². The molecular weight excluding hydrogens is 130 g/mol. The van der Waals surface area contributed by atoms with Crippen LogP contribution in [-0.4, -0.2) is 32.3 Å². The van der Waals surface area contributed by atoms with Gasteiger partial charge in [0.15, 0.2) is 5.90 Å². The summed E-state index contributed by atoms with van der Waals surface area (Å²) in [6.07, 6.45) is 0.889. The summed E-state index contributed by atoms with van der Waals surface area (Å²) in [6.45, 7) is 3.40. The summed E-state index contributed by atoms with van der Waals surface area (Å²) in [7, 11) is 1.68. The summed E-state index contributed by atoms with van der Waals surface area (Å²) in [5, 5.41) is 0. The number of nitrogens with zero attached hydrogens (tertiary/aromatic N) is 1. The first-order valence-corrected chi connectivity index (χ1v) is 3.55. The Morgan fingerprint density at radius 1 is 1.80 bits per heavy atom. The van der Waals surface area contributed by atoms with Gasteiger partial charge in [-0.25, -0.2) is 4.99 Å². The van der Waals surface area contributed by atoms with Crippen LogP contribution in [-0.2, 0) is 9.47 Å². The van der Waals surface area contributed by atoms with Gasteiger partial charge in [-0.05, 0) is 0 Å². The highest BCUT2D eigenvalue weighted by Crippen LogP contribution is 2.06. The molecule has 3 nitrogen and oxygen atoms in total. The van der Waals surface area contributed by atoms with E-state index in [4.69, 9.17) is 9.47 Å². The lowest BCUT2D eigenvalue weighted by Gasteiger charge is -2.00. The Bertz CT molecular complexity index is 134. The molecule has 0 saturated carbocycles. The van der Waals surface area contributed by atoms with E-state index in [0.717, 1.165) is 12.3 Å². The molecule has 0 N–H and O–H groups in total. The van der Waals surface area contributed by atoms with Crippen molar-refractivity contribution < 1.29 is 9.47 Å². The van der Waals surface area contributed by atoms with Gasteiger partial charge in [-0.1, -0.05) is 6.92 Å². The SMILES string of the molecule is CCC1=NC(COC)CO1. The number of methoxy groups -OCH3 is 1. The van der Waals surface area contributed by atoms with Crippen molar-refractivity contribution in [3.05, 3.63) is 0 Å². The first-order chi connectivity index (χ1) is 4.86. The van der Waals surface area contributed by atoms with E-state index in [1.807, 2.05) is 6.92 Å². The molecule has 0 radical (unpaired) electrons. The second kappa shape index (κ2) is 3.56. The van der Waals surface area contributed by atoms with Crippen molar-refractivity contribution >= 4 is 5.90 Å². The van der Waals surface area contributed by atoms with Crippen LogP contribution in [0.1, 0.15) is 13.3 Å². The molecule has 0 amide bonds. The minimum absolute atomic E-state index is 0.236. The summed E-state index contributed by atoms with van der Waals surface area (Å²) >= 11 is 0. The van der Waals surface area contributed by atoms with Crippen molar-refractivity contribution in [1.82, 2.24) is 0 Å². The minimum atomic E-state index is 0.236. The van der Waals surface area contributed by atoms with Crippen LogP contribution in [0.4, 0.5) is 0 Å². The van der Waals surface area contributed by atoms with Crippen LogP contribution >= 0.6 is 0 Å². The van der Waals surface area contributed by atoms with Gasteiger partial charge in [0.25, 0.3) is 0 Å². The molecule has 0 fully saturated rings. The third kappa shape index (κ3) is 1.70. The second-order valence-corrected chi connectivity index (χ2v) is 2.30. The van der Waals surface area contributed by atoms with Crippen molar-refractivity contribution in [2.45, 2.75) is 19.4 Å². The van der Waals surface area contributed by atoms with E-state index >= 15 is 0 Å². The molecule has 0 spiro atoms. The van der Waals surface area contributed by atoms with Gasteiger partial charge in [0.05, 0.1) is 6.61 Å². The smallest absolute Gasteiger partial charge is 0.183 e. The van der Waals surface area contributed by atoms with Crippen molar-refractivity contribution in [2.75, 3.05) is 20.3 Å². The normalized spacial score (nSPS) is 24.2. The fourth-order valence-corrected chi connectivity index (χ4v) is 0.942. The second-order valence-electron chi connectivity index (χ2n) is 2.30. The average Bonchev–Trinajstić information content (AvgIpc) is 2.37. The Balaban J connectivity index is 2.32. The molecule has 0 aliphatic carbocycles. The van der Waals surface area contributed by atoms with Gasteiger partial charge in [-0.15, -0.1) is 0 Å². The third-order valence-electron chi connectivity index (χ3n) is 1.43. The van der Waals surface area contributed by atoms with E-state index < -0.39 is 0 Å². The van der Waals surface area contributed by atoms with Gasteiger partial charge in [-0.2, -0.15) is 0 Å². The van der Waals surface area contributed by atoms with E-state index in [1.54, 1.807) is 7.11 Å². The zero-order valence-corrected chi connectivity index (χ0v) is 6.46. The maximum atomic E-state index is 5.24. The summed E-state index contributed by atoms with van der Waals surface area (Å²) in [4.78, 5) is 4.27. The summed E-state index contributed by atoms with van der Waals surface area (Å²) in [6, 6.07) is 0.236. The molecule has 0 aromatic carbocycles. The summed E-state index contributed by atoms with van der Waals surface area (Å²) < 4.78 is 10.2. The van der Waals surface area contributed by atoms with Crippen LogP contribution in [0.5, 0.6) is 0 Å². The Morgan fingerprint density at radius 2 is 2.60 bits per heavy atom. The van der Waals surface area contributed by atoms with Crippen LogP contribution in [0.3, 0.4) is 0 Å². The fraction of sp³-hybridized carbons (Fsp3) is 0.857. The maximum Gasteiger partial charge on any atom is 0.183 e. The molecule has 1 unspecified atom stereocenters.